The van der Waals surface area contributed by atoms with Gasteiger partial charge in [0.25, 0.3) is 0 Å². The minimum absolute atomic E-state index is 0.155. The third-order valence-corrected chi connectivity index (χ3v) is 6.27. The molecular formula is C25H30N4O3. The molecule has 0 aliphatic carbocycles. The molecule has 0 saturated carbocycles. The number of likely N-dealkylation sites (N-methyl/N-ethyl adjacent to an activating group) is 1. The molecule has 32 heavy (non-hydrogen) atoms. The predicted molar refractivity (Wildman–Crippen MR) is 125 cm³/mol. The zero-order valence-corrected chi connectivity index (χ0v) is 18.6. The van der Waals surface area contributed by atoms with Crippen LogP contribution in [0.2, 0.25) is 0 Å². The van der Waals surface area contributed by atoms with E-state index in [4.69, 9.17) is 10.6 Å². The molecule has 7 heteroatoms. The number of nitrogens with zero attached hydrogens (tertiary/aromatic N) is 2. The Morgan fingerprint density at radius 2 is 2.00 bits per heavy atom. The standard InChI is InChI=1S/C25H30N4O3/c1-17(27-25(31)32-16-18-7-4-3-5-8-18)24(30)19-10-11-23-22(14-19)20(15-29(23)26)13-21-9-6-12-28(21)2/h3-5,7-8,10-11,14-15,17,21H,6,9,12-13,16,26H2,1-2H3,(H,27,31)/t17-,21+/m0/s1. The highest BCUT2D eigenvalue weighted by Gasteiger charge is 2.24. The van der Waals surface area contributed by atoms with Crippen molar-refractivity contribution in [1.82, 2.24) is 14.9 Å². The SMILES string of the molecule is C[C@H](NC(=O)OCc1ccccc1)C(=O)c1ccc2c(c1)c(C[C@H]1CCCN1C)cn2N. The molecule has 0 bridgehead atoms. The Morgan fingerprint density at radius 1 is 1.22 bits per heavy atom. The Morgan fingerprint density at radius 3 is 2.72 bits per heavy atom. The summed E-state index contributed by atoms with van der Waals surface area (Å²) in [6.45, 7) is 2.93. The van der Waals surface area contributed by atoms with Gasteiger partial charge in [0.05, 0.1) is 11.6 Å². The molecule has 1 fully saturated rings. The number of benzene rings is 2. The number of ketones is 1. The topological polar surface area (TPSA) is 89.6 Å². The number of hydrogen-bond donors (Lipinski definition) is 2. The van der Waals surface area contributed by atoms with Gasteiger partial charge in [-0.05, 0) is 69.1 Å². The molecule has 0 radical (unpaired) electrons. The maximum absolute atomic E-state index is 13.0. The van der Waals surface area contributed by atoms with Crippen molar-refractivity contribution in [1.29, 1.82) is 0 Å². The number of hydrogen-bond acceptors (Lipinski definition) is 5. The van der Waals surface area contributed by atoms with Gasteiger partial charge in [0.15, 0.2) is 5.78 Å². The Kier molecular flexibility index (Phi) is 6.46. The number of nitrogens with two attached hydrogens (primary N) is 1. The van der Waals surface area contributed by atoms with Gasteiger partial charge in [-0.25, -0.2) is 4.79 Å². The number of nitrogen functional groups attached to an aromatic ring is 1. The molecule has 1 aliphatic heterocycles. The largest absolute Gasteiger partial charge is 0.445 e. The van der Waals surface area contributed by atoms with Gasteiger partial charge in [0, 0.05) is 23.2 Å². The van der Waals surface area contributed by atoms with Crippen molar-refractivity contribution in [2.45, 2.75) is 44.9 Å². The molecule has 3 N–H and O–H groups in total. The second-order valence-electron chi connectivity index (χ2n) is 8.57. The van der Waals surface area contributed by atoms with Crippen LogP contribution in [-0.2, 0) is 17.8 Å². The third kappa shape index (κ3) is 4.78. The van der Waals surface area contributed by atoms with Crippen LogP contribution in [-0.4, -0.2) is 47.1 Å². The Hall–Kier alpha value is -3.32. The smallest absolute Gasteiger partial charge is 0.408 e. The maximum Gasteiger partial charge on any atom is 0.408 e. The van der Waals surface area contributed by atoms with Crippen LogP contribution < -0.4 is 11.2 Å². The fraction of sp³-hybridized carbons (Fsp3) is 0.360. The zero-order chi connectivity index (χ0) is 22.7. The number of likely N-dealkylation sites (tertiary alicyclic amines) is 1. The number of carbonyl (C=O) groups is 2. The first-order valence-corrected chi connectivity index (χ1v) is 11.0. The molecule has 2 heterocycles. The number of ether oxygens (including phenoxy) is 1. The van der Waals surface area contributed by atoms with E-state index < -0.39 is 12.1 Å². The fourth-order valence-electron chi connectivity index (χ4n) is 4.39. The highest BCUT2D eigenvalue weighted by atomic mass is 16.5. The van der Waals surface area contributed by atoms with E-state index in [1.807, 2.05) is 48.7 Å². The van der Waals surface area contributed by atoms with Crippen LogP contribution in [0.4, 0.5) is 4.79 Å². The zero-order valence-electron chi connectivity index (χ0n) is 18.6. The summed E-state index contributed by atoms with van der Waals surface area (Å²) in [5, 5.41) is 3.62. The Bertz CT molecular complexity index is 1110. The molecule has 4 rings (SSSR count). The molecule has 1 saturated heterocycles. The molecular weight excluding hydrogens is 404 g/mol. The van der Waals surface area contributed by atoms with Crippen molar-refractivity contribution in [3.8, 4) is 0 Å². The number of fused-ring (bicyclic) bond motifs is 1. The molecule has 7 nitrogen and oxygen atoms in total. The van der Waals surface area contributed by atoms with Gasteiger partial charge in [-0.1, -0.05) is 30.3 Å². The Labute approximate surface area is 188 Å². The number of carbonyl (C=O) groups excluding carboxylic acids is 2. The minimum atomic E-state index is -0.708. The van der Waals surface area contributed by atoms with Gasteiger partial charge >= 0.3 is 6.09 Å². The number of aromatic nitrogens is 1. The average molecular weight is 435 g/mol. The van der Waals surface area contributed by atoms with E-state index >= 15 is 0 Å². The summed E-state index contributed by atoms with van der Waals surface area (Å²) in [6.07, 6.45) is 4.60. The van der Waals surface area contributed by atoms with Crippen LogP contribution in [0.1, 0.15) is 41.3 Å². The number of nitrogens with one attached hydrogen (secondary N) is 1. The van der Waals surface area contributed by atoms with E-state index in [1.54, 1.807) is 17.7 Å². The highest BCUT2D eigenvalue weighted by Crippen LogP contribution is 2.27. The molecule has 1 aromatic heterocycles. The van der Waals surface area contributed by atoms with E-state index in [9.17, 15) is 9.59 Å². The maximum atomic E-state index is 13.0. The first kappa shape index (κ1) is 21.9. The van der Waals surface area contributed by atoms with Gasteiger partial charge in [-0.2, -0.15) is 0 Å². The van der Waals surface area contributed by atoms with Crippen LogP contribution in [0.25, 0.3) is 10.9 Å². The van der Waals surface area contributed by atoms with E-state index in [0.29, 0.717) is 11.6 Å². The lowest BCUT2D eigenvalue weighted by molar-refractivity contribution is 0.0927. The van der Waals surface area contributed by atoms with E-state index in [1.165, 1.54) is 12.8 Å². The van der Waals surface area contributed by atoms with Gasteiger partial charge in [-0.15, -0.1) is 0 Å². The van der Waals surface area contributed by atoms with Gasteiger partial charge < -0.3 is 20.8 Å². The van der Waals surface area contributed by atoms with Crippen LogP contribution >= 0.6 is 0 Å². The number of Topliss-reactive ketones (excluding diaryl/α,β-unsaturated/α-hetero) is 1. The van der Waals surface area contributed by atoms with Crippen molar-refractivity contribution in [2.75, 3.05) is 19.4 Å². The second-order valence-corrected chi connectivity index (χ2v) is 8.57. The van der Waals surface area contributed by atoms with Gasteiger partial charge in [0.2, 0.25) is 0 Å². The summed E-state index contributed by atoms with van der Waals surface area (Å²) in [4.78, 5) is 27.5. The van der Waals surface area contributed by atoms with Crippen LogP contribution in [0.15, 0.2) is 54.7 Å². The summed E-state index contributed by atoms with van der Waals surface area (Å²) < 4.78 is 6.86. The van der Waals surface area contributed by atoms with E-state index in [-0.39, 0.29) is 12.4 Å². The summed E-state index contributed by atoms with van der Waals surface area (Å²) in [5.74, 6) is 5.99. The third-order valence-electron chi connectivity index (χ3n) is 6.27. The van der Waals surface area contributed by atoms with Crippen molar-refractivity contribution in [3.05, 3.63) is 71.4 Å². The summed E-state index contributed by atoms with van der Waals surface area (Å²) >= 11 is 0. The predicted octanol–water partition coefficient (Wildman–Crippen LogP) is 3.49. The first-order chi connectivity index (χ1) is 15.4. The van der Waals surface area contributed by atoms with Crippen molar-refractivity contribution in [2.24, 2.45) is 0 Å². The van der Waals surface area contributed by atoms with E-state index in [0.717, 1.165) is 35.0 Å². The molecule has 0 spiro atoms. The monoisotopic (exact) mass is 434 g/mol. The van der Waals surface area contributed by atoms with Crippen LogP contribution in [0.3, 0.4) is 0 Å². The molecule has 168 valence electrons. The second kappa shape index (κ2) is 9.44. The molecule has 1 amide bonds. The van der Waals surface area contributed by atoms with Gasteiger partial charge in [0.1, 0.15) is 6.61 Å². The first-order valence-electron chi connectivity index (χ1n) is 11.0. The van der Waals surface area contributed by atoms with Crippen molar-refractivity contribution >= 4 is 22.8 Å². The molecule has 0 unspecified atom stereocenters. The van der Waals surface area contributed by atoms with E-state index in [2.05, 4.69) is 17.3 Å². The molecule has 2 aromatic carbocycles. The quantitative estimate of drug-likeness (QED) is 0.439. The summed E-state index contributed by atoms with van der Waals surface area (Å²) in [6, 6.07) is 14.7. The molecule has 2 atom stereocenters. The molecule has 3 aromatic rings. The van der Waals surface area contributed by atoms with Crippen molar-refractivity contribution in [3.63, 3.8) is 0 Å². The average Bonchev–Trinajstić information content (AvgIpc) is 3.34. The lowest BCUT2D eigenvalue weighted by Crippen LogP contribution is -2.38. The number of alkyl carbamates (subject to hydrolysis) is 1. The lowest BCUT2D eigenvalue weighted by atomic mass is 9.99. The van der Waals surface area contributed by atoms with Crippen LogP contribution in [0, 0.1) is 0 Å². The van der Waals surface area contributed by atoms with Gasteiger partial charge in [-0.3, -0.25) is 9.47 Å². The van der Waals surface area contributed by atoms with Crippen molar-refractivity contribution < 1.29 is 14.3 Å². The van der Waals surface area contributed by atoms with Crippen LogP contribution in [0.5, 0.6) is 0 Å². The number of rotatable bonds is 7. The molecule has 1 aliphatic rings. The summed E-state index contributed by atoms with van der Waals surface area (Å²) in [5.41, 5.74) is 3.46. The lowest BCUT2D eigenvalue weighted by Gasteiger charge is -2.18. The highest BCUT2D eigenvalue weighted by molar-refractivity contribution is 6.04. The number of amides is 1. The summed E-state index contributed by atoms with van der Waals surface area (Å²) in [7, 11) is 2.15. The Balaban J connectivity index is 1.44. The minimum Gasteiger partial charge on any atom is -0.445 e. The normalized spacial score (nSPS) is 17.4. The fourth-order valence-corrected chi connectivity index (χ4v) is 4.39.